The van der Waals surface area contributed by atoms with Crippen molar-refractivity contribution >= 4 is 26.7 Å². The van der Waals surface area contributed by atoms with Crippen LogP contribution in [0.15, 0.2) is 29.3 Å². The number of fused-ring (bicyclic) bond motifs is 1. The Morgan fingerprint density at radius 3 is 2.65 bits per heavy atom. The Hall–Kier alpha value is -1.93. The molecule has 1 heterocycles. The van der Waals surface area contributed by atoms with E-state index in [1.54, 1.807) is 6.07 Å². The minimum atomic E-state index is -4.14. The smallest absolute Gasteiger partial charge is 0.305 e. The highest BCUT2D eigenvalue weighted by atomic mass is 32.2. The molecule has 8 heteroatoms. The maximum absolute atomic E-state index is 11.7. The summed E-state index contributed by atoms with van der Waals surface area (Å²) in [4.78, 5) is 12.3. The van der Waals surface area contributed by atoms with Crippen LogP contribution in [-0.4, -0.2) is 25.4 Å². The van der Waals surface area contributed by atoms with E-state index >= 15 is 0 Å². The molecule has 0 spiro atoms. The number of hydrogen-bond donors (Lipinski definition) is 1. The largest absolute Gasteiger partial charge is 0.360 e. The van der Waals surface area contributed by atoms with Gasteiger partial charge in [0.15, 0.2) is 4.90 Å². The molecule has 0 aliphatic carbocycles. The van der Waals surface area contributed by atoms with E-state index in [2.05, 4.69) is 9.17 Å². The molecular formula is C9H8N2O5S. The average Bonchev–Trinajstić information content (AvgIpc) is 2.74. The van der Waals surface area contributed by atoms with Crippen LogP contribution in [0, 0.1) is 10.1 Å². The Balaban J connectivity index is 2.93. The number of H-pyrrole nitrogens is 1. The van der Waals surface area contributed by atoms with Crippen molar-refractivity contribution in [3.63, 3.8) is 0 Å². The van der Waals surface area contributed by atoms with Crippen LogP contribution in [0.4, 0.5) is 5.69 Å². The van der Waals surface area contributed by atoms with Gasteiger partial charge in [-0.25, -0.2) is 0 Å². The molecule has 1 aromatic heterocycles. The highest BCUT2D eigenvalue weighted by molar-refractivity contribution is 7.87. The third-order valence-electron chi connectivity index (χ3n) is 2.33. The molecule has 0 aliphatic rings. The lowest BCUT2D eigenvalue weighted by Crippen LogP contribution is -2.07. The Morgan fingerprint density at radius 2 is 2.06 bits per heavy atom. The molecular weight excluding hydrogens is 248 g/mol. The summed E-state index contributed by atoms with van der Waals surface area (Å²) in [6.07, 6.45) is 1.50. The van der Waals surface area contributed by atoms with Crippen LogP contribution in [0.5, 0.6) is 0 Å². The molecule has 0 amide bonds. The molecule has 0 unspecified atom stereocenters. The zero-order chi connectivity index (χ0) is 12.6. The molecule has 1 aromatic carbocycles. The first-order chi connectivity index (χ1) is 7.97. The number of nitrogens with one attached hydrogen (secondary N) is 1. The van der Waals surface area contributed by atoms with E-state index < -0.39 is 25.6 Å². The fourth-order valence-corrected chi connectivity index (χ4v) is 2.56. The number of nitro groups is 1. The molecule has 2 aromatic rings. The second-order valence-corrected chi connectivity index (χ2v) is 4.88. The van der Waals surface area contributed by atoms with Gasteiger partial charge in [0.25, 0.3) is 5.69 Å². The first-order valence-corrected chi connectivity index (χ1v) is 5.93. The fraction of sp³-hybridized carbons (Fsp3) is 0.111. The van der Waals surface area contributed by atoms with E-state index in [9.17, 15) is 18.5 Å². The van der Waals surface area contributed by atoms with Gasteiger partial charge in [-0.05, 0) is 12.1 Å². The number of nitrogens with zero attached hydrogens (tertiary/aromatic N) is 1. The summed E-state index contributed by atoms with van der Waals surface area (Å²) in [5.74, 6) is 0. The summed E-state index contributed by atoms with van der Waals surface area (Å²) >= 11 is 0. The van der Waals surface area contributed by atoms with Crippen molar-refractivity contribution in [2.75, 3.05) is 7.11 Å². The summed E-state index contributed by atoms with van der Waals surface area (Å²) < 4.78 is 27.7. The summed E-state index contributed by atoms with van der Waals surface area (Å²) in [6, 6.07) is 4.23. The zero-order valence-electron chi connectivity index (χ0n) is 8.71. The van der Waals surface area contributed by atoms with Crippen LogP contribution in [-0.2, 0) is 14.3 Å². The number of rotatable bonds is 3. The molecule has 0 saturated heterocycles. The average molecular weight is 256 g/mol. The molecule has 2 rings (SSSR count). The molecule has 90 valence electrons. The number of benzene rings is 1. The van der Waals surface area contributed by atoms with Crippen molar-refractivity contribution in [1.82, 2.24) is 4.98 Å². The number of nitro benzene ring substituents is 1. The lowest BCUT2D eigenvalue weighted by atomic mass is 10.2. The molecule has 0 saturated carbocycles. The summed E-state index contributed by atoms with van der Waals surface area (Å²) in [6.45, 7) is 0. The Morgan fingerprint density at radius 1 is 1.35 bits per heavy atom. The van der Waals surface area contributed by atoms with Gasteiger partial charge < -0.3 is 4.98 Å². The van der Waals surface area contributed by atoms with E-state index in [1.807, 2.05) is 0 Å². The number of hydrogen-bond acceptors (Lipinski definition) is 5. The van der Waals surface area contributed by atoms with Gasteiger partial charge in [0.1, 0.15) is 0 Å². The Labute approximate surface area is 96.3 Å². The SMILES string of the molecule is COS(=O)(=O)c1c([N+](=O)[O-])ccc2cc[nH]c12. The van der Waals surface area contributed by atoms with E-state index in [4.69, 9.17) is 0 Å². The summed E-state index contributed by atoms with van der Waals surface area (Å²) in [5.41, 5.74) is -0.345. The maximum Gasteiger partial charge on any atom is 0.305 e. The number of aromatic nitrogens is 1. The quantitative estimate of drug-likeness (QED) is 0.508. The molecule has 0 aliphatic heterocycles. The van der Waals surface area contributed by atoms with Crippen LogP contribution in [0.3, 0.4) is 0 Å². The standard InChI is InChI=1S/C9H8N2O5S/c1-16-17(14,15)9-7(11(12)13)3-2-6-4-5-10-8(6)9/h2-5,10H,1H3. The first kappa shape index (κ1) is 11.6. The second kappa shape index (κ2) is 3.82. The van der Waals surface area contributed by atoms with Crippen molar-refractivity contribution in [3.8, 4) is 0 Å². The monoisotopic (exact) mass is 256 g/mol. The van der Waals surface area contributed by atoms with Gasteiger partial charge in [-0.2, -0.15) is 8.42 Å². The van der Waals surface area contributed by atoms with Crippen molar-refractivity contribution in [3.05, 3.63) is 34.5 Å². The third-order valence-corrected chi connectivity index (χ3v) is 3.68. The molecule has 17 heavy (non-hydrogen) atoms. The van der Waals surface area contributed by atoms with Gasteiger partial charge >= 0.3 is 10.1 Å². The predicted molar refractivity (Wildman–Crippen MR) is 59.1 cm³/mol. The topological polar surface area (TPSA) is 102 Å². The van der Waals surface area contributed by atoms with Gasteiger partial charge in [-0.3, -0.25) is 14.3 Å². The van der Waals surface area contributed by atoms with E-state index in [0.29, 0.717) is 5.39 Å². The normalized spacial score (nSPS) is 11.8. The highest BCUT2D eigenvalue weighted by Gasteiger charge is 2.29. The van der Waals surface area contributed by atoms with Crippen LogP contribution in [0.25, 0.3) is 10.9 Å². The van der Waals surface area contributed by atoms with Crippen LogP contribution < -0.4 is 0 Å². The van der Waals surface area contributed by atoms with Crippen molar-refractivity contribution in [2.45, 2.75) is 4.90 Å². The van der Waals surface area contributed by atoms with Crippen molar-refractivity contribution in [1.29, 1.82) is 0 Å². The molecule has 0 radical (unpaired) electrons. The first-order valence-electron chi connectivity index (χ1n) is 4.52. The van der Waals surface area contributed by atoms with Gasteiger partial charge in [0.05, 0.1) is 17.5 Å². The maximum atomic E-state index is 11.7. The van der Waals surface area contributed by atoms with E-state index in [-0.39, 0.29) is 5.52 Å². The van der Waals surface area contributed by atoms with Crippen LogP contribution in [0.1, 0.15) is 0 Å². The minimum Gasteiger partial charge on any atom is -0.360 e. The fourth-order valence-electron chi connectivity index (χ4n) is 1.57. The van der Waals surface area contributed by atoms with Gasteiger partial charge in [0.2, 0.25) is 0 Å². The third kappa shape index (κ3) is 1.77. The van der Waals surface area contributed by atoms with Gasteiger partial charge in [-0.1, -0.05) is 0 Å². The van der Waals surface area contributed by atoms with E-state index in [0.717, 1.165) is 13.2 Å². The summed E-state index contributed by atoms with van der Waals surface area (Å²) in [7, 11) is -3.18. The summed E-state index contributed by atoms with van der Waals surface area (Å²) in [5, 5.41) is 11.4. The molecule has 7 nitrogen and oxygen atoms in total. The Kier molecular flexibility index (Phi) is 2.60. The van der Waals surface area contributed by atoms with Gasteiger partial charge in [0, 0.05) is 17.6 Å². The van der Waals surface area contributed by atoms with Crippen molar-refractivity contribution < 1.29 is 17.5 Å². The Bertz CT molecular complexity index is 688. The van der Waals surface area contributed by atoms with Crippen LogP contribution in [0.2, 0.25) is 0 Å². The molecule has 1 N–H and O–H groups in total. The lowest BCUT2D eigenvalue weighted by molar-refractivity contribution is -0.387. The minimum absolute atomic E-state index is 0.168. The highest BCUT2D eigenvalue weighted by Crippen LogP contribution is 2.31. The van der Waals surface area contributed by atoms with Crippen LogP contribution >= 0.6 is 0 Å². The molecule has 0 atom stereocenters. The number of aromatic amines is 1. The van der Waals surface area contributed by atoms with E-state index in [1.165, 1.54) is 12.3 Å². The lowest BCUT2D eigenvalue weighted by Gasteiger charge is -2.04. The zero-order valence-corrected chi connectivity index (χ0v) is 9.52. The second-order valence-electron chi connectivity index (χ2n) is 3.23. The molecule has 0 bridgehead atoms. The molecule has 0 fully saturated rings. The predicted octanol–water partition coefficient (Wildman–Crippen LogP) is 1.41. The van der Waals surface area contributed by atoms with Gasteiger partial charge in [-0.15, -0.1) is 0 Å². The van der Waals surface area contributed by atoms with Crippen molar-refractivity contribution in [2.24, 2.45) is 0 Å².